The SMILES string of the molecule is CNCC(=O)NCc1ccc2nc[nH]c2c1. The maximum absolute atomic E-state index is 11.2. The van der Waals surface area contributed by atoms with Gasteiger partial charge in [0.25, 0.3) is 0 Å². The van der Waals surface area contributed by atoms with Crippen molar-refractivity contribution >= 4 is 16.9 Å². The van der Waals surface area contributed by atoms with Gasteiger partial charge >= 0.3 is 0 Å². The third-order valence-electron chi connectivity index (χ3n) is 2.31. The molecule has 0 aliphatic rings. The summed E-state index contributed by atoms with van der Waals surface area (Å²) in [7, 11) is 1.75. The van der Waals surface area contributed by atoms with Crippen molar-refractivity contribution in [1.29, 1.82) is 0 Å². The van der Waals surface area contributed by atoms with Crippen molar-refractivity contribution in [3.63, 3.8) is 0 Å². The molecular weight excluding hydrogens is 204 g/mol. The maximum atomic E-state index is 11.2. The van der Waals surface area contributed by atoms with Gasteiger partial charge in [0.15, 0.2) is 0 Å². The van der Waals surface area contributed by atoms with E-state index in [2.05, 4.69) is 20.6 Å². The zero-order valence-electron chi connectivity index (χ0n) is 9.08. The highest BCUT2D eigenvalue weighted by Gasteiger charge is 2.01. The number of benzene rings is 1. The number of carbonyl (C=O) groups excluding carboxylic acids is 1. The third kappa shape index (κ3) is 2.38. The number of hydrogen-bond donors (Lipinski definition) is 3. The highest BCUT2D eigenvalue weighted by molar-refractivity contribution is 5.78. The lowest BCUT2D eigenvalue weighted by Crippen LogP contribution is -2.31. The Bertz CT molecular complexity index is 491. The summed E-state index contributed by atoms with van der Waals surface area (Å²) >= 11 is 0. The van der Waals surface area contributed by atoms with E-state index in [1.54, 1.807) is 13.4 Å². The average Bonchev–Trinajstić information content (AvgIpc) is 2.74. The van der Waals surface area contributed by atoms with Gasteiger partial charge in [-0.3, -0.25) is 4.79 Å². The molecule has 84 valence electrons. The Hall–Kier alpha value is -1.88. The van der Waals surface area contributed by atoms with E-state index < -0.39 is 0 Å². The lowest BCUT2D eigenvalue weighted by molar-refractivity contribution is -0.120. The molecule has 0 spiro atoms. The Balaban J connectivity index is 2.01. The van der Waals surface area contributed by atoms with Gasteiger partial charge < -0.3 is 15.6 Å². The van der Waals surface area contributed by atoms with Crippen LogP contribution in [0.1, 0.15) is 5.56 Å². The van der Waals surface area contributed by atoms with Crippen LogP contribution in [0.15, 0.2) is 24.5 Å². The van der Waals surface area contributed by atoms with E-state index in [1.807, 2.05) is 18.2 Å². The molecule has 5 heteroatoms. The molecule has 0 radical (unpaired) electrons. The number of likely N-dealkylation sites (N-methyl/N-ethyl adjacent to an activating group) is 1. The number of fused-ring (bicyclic) bond motifs is 1. The largest absolute Gasteiger partial charge is 0.351 e. The van der Waals surface area contributed by atoms with E-state index in [9.17, 15) is 4.79 Å². The molecule has 0 bridgehead atoms. The molecule has 0 fully saturated rings. The fourth-order valence-corrected chi connectivity index (χ4v) is 1.52. The molecule has 5 nitrogen and oxygen atoms in total. The number of nitrogens with one attached hydrogen (secondary N) is 3. The maximum Gasteiger partial charge on any atom is 0.234 e. The second-order valence-corrected chi connectivity index (χ2v) is 3.56. The van der Waals surface area contributed by atoms with E-state index in [-0.39, 0.29) is 5.91 Å². The van der Waals surface area contributed by atoms with Gasteiger partial charge in [-0.25, -0.2) is 4.98 Å². The van der Waals surface area contributed by atoms with E-state index >= 15 is 0 Å². The van der Waals surface area contributed by atoms with Gasteiger partial charge in [0, 0.05) is 6.54 Å². The topological polar surface area (TPSA) is 69.8 Å². The zero-order valence-corrected chi connectivity index (χ0v) is 9.08. The van der Waals surface area contributed by atoms with Crippen molar-refractivity contribution in [2.75, 3.05) is 13.6 Å². The minimum absolute atomic E-state index is 0.00722. The summed E-state index contributed by atoms with van der Waals surface area (Å²) in [5.41, 5.74) is 2.98. The first-order valence-electron chi connectivity index (χ1n) is 5.13. The van der Waals surface area contributed by atoms with Crippen molar-refractivity contribution in [3.05, 3.63) is 30.1 Å². The number of aromatic amines is 1. The van der Waals surface area contributed by atoms with Gasteiger partial charge in [-0.15, -0.1) is 0 Å². The molecule has 0 aliphatic carbocycles. The first-order chi connectivity index (χ1) is 7.79. The molecule has 1 amide bonds. The number of imidazole rings is 1. The van der Waals surface area contributed by atoms with E-state index in [0.29, 0.717) is 13.1 Å². The van der Waals surface area contributed by atoms with E-state index in [0.717, 1.165) is 16.6 Å². The Morgan fingerprint density at radius 1 is 1.50 bits per heavy atom. The number of nitrogens with zero attached hydrogens (tertiary/aromatic N) is 1. The van der Waals surface area contributed by atoms with Crippen LogP contribution in [0.5, 0.6) is 0 Å². The summed E-state index contributed by atoms with van der Waals surface area (Å²) in [6.07, 6.45) is 1.66. The van der Waals surface area contributed by atoms with Gasteiger partial charge in [-0.1, -0.05) is 6.07 Å². The van der Waals surface area contributed by atoms with Crippen molar-refractivity contribution in [2.45, 2.75) is 6.54 Å². The second kappa shape index (κ2) is 4.76. The molecule has 0 aliphatic heterocycles. The molecule has 1 aromatic carbocycles. The molecule has 2 aromatic rings. The molecule has 0 saturated heterocycles. The Kier molecular flexibility index (Phi) is 3.16. The fourth-order valence-electron chi connectivity index (χ4n) is 1.52. The first-order valence-corrected chi connectivity index (χ1v) is 5.13. The highest BCUT2D eigenvalue weighted by atomic mass is 16.1. The minimum atomic E-state index is -0.00722. The van der Waals surface area contributed by atoms with Crippen LogP contribution >= 0.6 is 0 Å². The number of H-pyrrole nitrogens is 1. The molecular formula is C11H14N4O. The van der Waals surface area contributed by atoms with Crippen LogP contribution in [0.25, 0.3) is 11.0 Å². The lowest BCUT2D eigenvalue weighted by Gasteiger charge is -2.04. The number of carbonyl (C=O) groups is 1. The fraction of sp³-hybridized carbons (Fsp3) is 0.273. The molecule has 16 heavy (non-hydrogen) atoms. The summed E-state index contributed by atoms with van der Waals surface area (Å²) in [5.74, 6) is -0.00722. The molecule has 3 N–H and O–H groups in total. The van der Waals surface area contributed by atoms with Crippen molar-refractivity contribution < 1.29 is 4.79 Å². The van der Waals surface area contributed by atoms with Crippen LogP contribution in [0.2, 0.25) is 0 Å². The summed E-state index contributed by atoms with van der Waals surface area (Å²) in [5, 5.41) is 5.62. The normalized spacial score (nSPS) is 10.6. The van der Waals surface area contributed by atoms with Crippen LogP contribution in [0.3, 0.4) is 0 Å². The van der Waals surface area contributed by atoms with Gasteiger partial charge in [-0.2, -0.15) is 0 Å². The van der Waals surface area contributed by atoms with Gasteiger partial charge in [-0.05, 0) is 24.7 Å². The lowest BCUT2D eigenvalue weighted by atomic mass is 10.2. The summed E-state index contributed by atoms with van der Waals surface area (Å²) < 4.78 is 0. The van der Waals surface area contributed by atoms with Gasteiger partial charge in [0.05, 0.1) is 23.9 Å². The highest BCUT2D eigenvalue weighted by Crippen LogP contribution is 2.11. The smallest absolute Gasteiger partial charge is 0.234 e. The summed E-state index contributed by atoms with van der Waals surface area (Å²) in [6.45, 7) is 0.877. The molecule has 0 unspecified atom stereocenters. The minimum Gasteiger partial charge on any atom is -0.351 e. The van der Waals surface area contributed by atoms with E-state index in [4.69, 9.17) is 0 Å². The Labute approximate surface area is 93.3 Å². The standard InChI is InChI=1S/C11H14N4O/c1-12-6-11(16)13-5-8-2-3-9-10(4-8)15-7-14-9/h2-4,7,12H,5-6H2,1H3,(H,13,16)(H,14,15). The van der Waals surface area contributed by atoms with Gasteiger partial charge in [0.2, 0.25) is 5.91 Å². The molecule has 2 rings (SSSR count). The number of amides is 1. The predicted molar refractivity (Wildman–Crippen MR) is 61.9 cm³/mol. The summed E-state index contributed by atoms with van der Waals surface area (Å²) in [4.78, 5) is 18.4. The molecule has 0 atom stereocenters. The van der Waals surface area contributed by atoms with Crippen molar-refractivity contribution in [3.8, 4) is 0 Å². The predicted octanol–water partition coefficient (Wildman–Crippen LogP) is 0.398. The van der Waals surface area contributed by atoms with Crippen LogP contribution in [0, 0.1) is 0 Å². The number of rotatable bonds is 4. The average molecular weight is 218 g/mol. The van der Waals surface area contributed by atoms with Crippen LogP contribution in [-0.2, 0) is 11.3 Å². The third-order valence-corrected chi connectivity index (χ3v) is 2.31. The quantitative estimate of drug-likeness (QED) is 0.695. The van der Waals surface area contributed by atoms with Crippen LogP contribution in [0.4, 0.5) is 0 Å². The number of aromatic nitrogens is 2. The van der Waals surface area contributed by atoms with Crippen LogP contribution in [-0.4, -0.2) is 29.5 Å². The Morgan fingerprint density at radius 3 is 3.19 bits per heavy atom. The van der Waals surface area contributed by atoms with Crippen LogP contribution < -0.4 is 10.6 Å². The van der Waals surface area contributed by atoms with Crippen molar-refractivity contribution in [2.24, 2.45) is 0 Å². The number of hydrogen-bond acceptors (Lipinski definition) is 3. The first kappa shape index (κ1) is 10.6. The van der Waals surface area contributed by atoms with Crippen molar-refractivity contribution in [1.82, 2.24) is 20.6 Å². The zero-order chi connectivity index (χ0) is 11.4. The molecule has 1 aromatic heterocycles. The Morgan fingerprint density at radius 2 is 2.38 bits per heavy atom. The monoisotopic (exact) mass is 218 g/mol. The van der Waals surface area contributed by atoms with E-state index in [1.165, 1.54) is 0 Å². The molecule has 1 heterocycles. The van der Waals surface area contributed by atoms with Gasteiger partial charge in [0.1, 0.15) is 0 Å². The second-order valence-electron chi connectivity index (χ2n) is 3.56. The molecule has 0 saturated carbocycles. The summed E-state index contributed by atoms with van der Waals surface area (Å²) in [6, 6.07) is 5.89.